The van der Waals surface area contributed by atoms with Gasteiger partial charge in [0.25, 0.3) is 5.69 Å². The standard InChI is InChI=1S/C13H20N2O4/c1-9(16)10-5-6-11(12(7-10)15(18)19)14(4)8-13(2,3)17/h5-7,9,16-17H,8H2,1-4H3. The highest BCUT2D eigenvalue weighted by Gasteiger charge is 2.23. The summed E-state index contributed by atoms with van der Waals surface area (Å²) >= 11 is 0. The van der Waals surface area contributed by atoms with Gasteiger partial charge in [0.05, 0.1) is 16.6 Å². The molecule has 1 aromatic carbocycles. The van der Waals surface area contributed by atoms with Crippen LogP contribution in [0.2, 0.25) is 0 Å². The van der Waals surface area contributed by atoms with Crippen molar-refractivity contribution in [1.82, 2.24) is 0 Å². The van der Waals surface area contributed by atoms with Crippen molar-refractivity contribution in [2.45, 2.75) is 32.5 Å². The van der Waals surface area contributed by atoms with Crippen LogP contribution >= 0.6 is 0 Å². The van der Waals surface area contributed by atoms with Gasteiger partial charge in [-0.2, -0.15) is 0 Å². The van der Waals surface area contributed by atoms with Gasteiger partial charge in [-0.15, -0.1) is 0 Å². The van der Waals surface area contributed by atoms with Crippen molar-refractivity contribution < 1.29 is 15.1 Å². The zero-order valence-corrected chi connectivity index (χ0v) is 11.6. The molecule has 6 nitrogen and oxygen atoms in total. The molecule has 0 aliphatic rings. The largest absolute Gasteiger partial charge is 0.389 e. The first-order chi connectivity index (χ1) is 8.61. The molecule has 19 heavy (non-hydrogen) atoms. The Morgan fingerprint density at radius 3 is 2.47 bits per heavy atom. The first kappa shape index (κ1) is 15.4. The summed E-state index contributed by atoms with van der Waals surface area (Å²) in [5.74, 6) is 0. The van der Waals surface area contributed by atoms with Crippen molar-refractivity contribution in [2.75, 3.05) is 18.5 Å². The second-order valence-electron chi connectivity index (χ2n) is 5.35. The number of nitro benzene ring substituents is 1. The molecule has 0 saturated heterocycles. The molecule has 106 valence electrons. The van der Waals surface area contributed by atoms with E-state index >= 15 is 0 Å². The van der Waals surface area contributed by atoms with E-state index in [4.69, 9.17) is 0 Å². The highest BCUT2D eigenvalue weighted by atomic mass is 16.6. The molecule has 1 unspecified atom stereocenters. The van der Waals surface area contributed by atoms with Gasteiger partial charge in [-0.3, -0.25) is 10.1 Å². The van der Waals surface area contributed by atoms with Crippen LogP contribution in [0.4, 0.5) is 11.4 Å². The fraction of sp³-hybridized carbons (Fsp3) is 0.538. The predicted octanol–water partition coefficient (Wildman–Crippen LogP) is 1.86. The van der Waals surface area contributed by atoms with Crippen LogP contribution in [0.1, 0.15) is 32.4 Å². The number of nitrogens with zero attached hydrogens (tertiary/aromatic N) is 2. The minimum Gasteiger partial charge on any atom is -0.389 e. The molecule has 0 saturated carbocycles. The zero-order valence-electron chi connectivity index (χ0n) is 11.6. The van der Waals surface area contributed by atoms with E-state index in [0.29, 0.717) is 11.3 Å². The summed E-state index contributed by atoms with van der Waals surface area (Å²) < 4.78 is 0. The molecule has 0 spiro atoms. The summed E-state index contributed by atoms with van der Waals surface area (Å²) in [5.41, 5.74) is -0.125. The molecule has 0 heterocycles. The molecule has 0 bridgehead atoms. The third-order valence-corrected chi connectivity index (χ3v) is 2.71. The Bertz CT molecular complexity index is 466. The molecule has 0 aliphatic carbocycles. The zero-order chi connectivity index (χ0) is 14.8. The maximum Gasteiger partial charge on any atom is 0.292 e. The predicted molar refractivity (Wildman–Crippen MR) is 73.3 cm³/mol. The molecule has 0 fully saturated rings. The van der Waals surface area contributed by atoms with Crippen LogP contribution < -0.4 is 4.90 Å². The van der Waals surface area contributed by atoms with E-state index in [1.165, 1.54) is 6.07 Å². The van der Waals surface area contributed by atoms with Crippen molar-refractivity contribution in [3.8, 4) is 0 Å². The molecule has 1 rings (SSSR count). The Kier molecular flexibility index (Phi) is 4.49. The van der Waals surface area contributed by atoms with Gasteiger partial charge in [0.15, 0.2) is 0 Å². The van der Waals surface area contributed by atoms with Crippen LogP contribution in [0.15, 0.2) is 18.2 Å². The van der Waals surface area contributed by atoms with E-state index in [1.807, 2.05) is 0 Å². The van der Waals surface area contributed by atoms with Crippen LogP contribution in [0.5, 0.6) is 0 Å². The first-order valence-corrected chi connectivity index (χ1v) is 6.02. The van der Waals surface area contributed by atoms with E-state index in [2.05, 4.69) is 0 Å². The lowest BCUT2D eigenvalue weighted by Crippen LogP contribution is -2.36. The molecule has 0 aromatic heterocycles. The smallest absolute Gasteiger partial charge is 0.292 e. The third kappa shape index (κ3) is 4.18. The van der Waals surface area contributed by atoms with E-state index in [9.17, 15) is 20.3 Å². The van der Waals surface area contributed by atoms with E-state index in [-0.39, 0.29) is 12.2 Å². The lowest BCUT2D eigenvalue weighted by molar-refractivity contribution is -0.384. The monoisotopic (exact) mass is 268 g/mol. The molecule has 0 radical (unpaired) electrons. The Morgan fingerprint density at radius 2 is 2.05 bits per heavy atom. The van der Waals surface area contributed by atoms with Gasteiger partial charge in [-0.1, -0.05) is 6.07 Å². The topological polar surface area (TPSA) is 86.8 Å². The lowest BCUT2D eigenvalue weighted by Gasteiger charge is -2.27. The van der Waals surface area contributed by atoms with E-state index < -0.39 is 16.6 Å². The van der Waals surface area contributed by atoms with Gasteiger partial charge in [0, 0.05) is 19.7 Å². The first-order valence-electron chi connectivity index (χ1n) is 6.02. The normalized spacial score (nSPS) is 13.2. The molecule has 1 aromatic rings. The SMILES string of the molecule is CC(O)c1ccc(N(C)CC(C)(C)O)c([N+](=O)[O-])c1. The van der Waals surface area contributed by atoms with Gasteiger partial charge < -0.3 is 15.1 Å². The molecule has 0 amide bonds. The number of rotatable bonds is 5. The lowest BCUT2D eigenvalue weighted by atomic mass is 10.1. The quantitative estimate of drug-likeness (QED) is 0.628. The number of benzene rings is 1. The summed E-state index contributed by atoms with van der Waals surface area (Å²) in [5, 5.41) is 30.3. The Hall–Kier alpha value is -1.66. The maximum atomic E-state index is 11.1. The van der Waals surface area contributed by atoms with Gasteiger partial charge in [-0.25, -0.2) is 0 Å². The summed E-state index contributed by atoms with van der Waals surface area (Å²) in [6.45, 7) is 5.10. The van der Waals surface area contributed by atoms with Crippen molar-refractivity contribution in [3.05, 3.63) is 33.9 Å². The molecule has 6 heteroatoms. The van der Waals surface area contributed by atoms with Crippen LogP contribution in [0, 0.1) is 10.1 Å². The Labute approximate surface area is 112 Å². The van der Waals surface area contributed by atoms with E-state index in [0.717, 1.165) is 0 Å². The molecule has 0 aliphatic heterocycles. The van der Waals surface area contributed by atoms with Gasteiger partial charge in [0.2, 0.25) is 0 Å². The van der Waals surface area contributed by atoms with Crippen molar-refractivity contribution in [2.24, 2.45) is 0 Å². The molecule has 2 N–H and O–H groups in total. The fourth-order valence-electron chi connectivity index (χ4n) is 1.93. The number of aliphatic hydroxyl groups excluding tert-OH is 1. The molecule has 1 atom stereocenters. The molecular weight excluding hydrogens is 248 g/mol. The number of hydrogen-bond donors (Lipinski definition) is 2. The second kappa shape index (κ2) is 5.54. The van der Waals surface area contributed by atoms with Crippen molar-refractivity contribution in [3.63, 3.8) is 0 Å². The third-order valence-electron chi connectivity index (χ3n) is 2.71. The second-order valence-corrected chi connectivity index (χ2v) is 5.35. The van der Waals surface area contributed by atoms with Crippen LogP contribution in [0.25, 0.3) is 0 Å². The average Bonchev–Trinajstić information content (AvgIpc) is 2.25. The maximum absolute atomic E-state index is 11.1. The minimum absolute atomic E-state index is 0.0786. The van der Waals surface area contributed by atoms with Crippen LogP contribution in [-0.2, 0) is 0 Å². The fourth-order valence-corrected chi connectivity index (χ4v) is 1.93. The number of hydrogen-bond acceptors (Lipinski definition) is 5. The van der Waals surface area contributed by atoms with Crippen molar-refractivity contribution in [1.29, 1.82) is 0 Å². The Balaban J connectivity index is 3.17. The van der Waals surface area contributed by atoms with Gasteiger partial charge in [-0.05, 0) is 32.4 Å². The molecular formula is C13H20N2O4. The van der Waals surface area contributed by atoms with Gasteiger partial charge >= 0.3 is 0 Å². The number of likely N-dealkylation sites (N-methyl/N-ethyl adjacent to an activating group) is 1. The minimum atomic E-state index is -0.953. The summed E-state index contributed by atoms with van der Waals surface area (Å²) in [7, 11) is 1.68. The number of anilines is 1. The van der Waals surface area contributed by atoms with Crippen LogP contribution in [-0.4, -0.2) is 34.3 Å². The van der Waals surface area contributed by atoms with Crippen molar-refractivity contribution >= 4 is 11.4 Å². The highest BCUT2D eigenvalue weighted by molar-refractivity contribution is 5.64. The number of nitro groups is 1. The summed E-state index contributed by atoms with van der Waals surface area (Å²) in [6.07, 6.45) is -0.757. The number of aliphatic hydroxyl groups is 2. The average molecular weight is 268 g/mol. The van der Waals surface area contributed by atoms with Crippen LogP contribution in [0.3, 0.4) is 0 Å². The Morgan fingerprint density at radius 1 is 1.47 bits per heavy atom. The highest BCUT2D eigenvalue weighted by Crippen LogP contribution is 2.31. The summed E-state index contributed by atoms with van der Waals surface area (Å²) in [6, 6.07) is 4.60. The van der Waals surface area contributed by atoms with Gasteiger partial charge in [0.1, 0.15) is 5.69 Å². The summed E-state index contributed by atoms with van der Waals surface area (Å²) in [4.78, 5) is 12.2. The van der Waals surface area contributed by atoms with E-state index in [1.54, 1.807) is 44.9 Å².